The van der Waals surface area contributed by atoms with Crippen molar-refractivity contribution in [3.8, 4) is 0 Å². The largest absolute Gasteiger partial charge is 0.393 e. The highest BCUT2D eigenvalue weighted by Crippen LogP contribution is 2.71. The van der Waals surface area contributed by atoms with Crippen LogP contribution in [0.2, 0.25) is 0 Å². The van der Waals surface area contributed by atoms with Gasteiger partial charge in [0.2, 0.25) is 0 Å². The van der Waals surface area contributed by atoms with Crippen LogP contribution in [0, 0.1) is 28.6 Å². The molecule has 2 saturated carbocycles. The van der Waals surface area contributed by atoms with Gasteiger partial charge in [0.1, 0.15) is 0 Å². The van der Waals surface area contributed by atoms with Gasteiger partial charge in [0.05, 0.1) is 11.8 Å². The highest BCUT2D eigenvalue weighted by molar-refractivity contribution is 5.98. The Morgan fingerprint density at radius 2 is 1.87 bits per heavy atom. The monoisotopic (exact) mass is 208 g/mol. The zero-order chi connectivity index (χ0) is 11.0. The van der Waals surface area contributed by atoms with Crippen LogP contribution < -0.4 is 0 Å². The summed E-state index contributed by atoms with van der Waals surface area (Å²) in [4.78, 5) is 23.3. The minimum atomic E-state index is -0.275. The third-order valence-electron chi connectivity index (χ3n) is 5.58. The van der Waals surface area contributed by atoms with Crippen LogP contribution in [0.5, 0.6) is 0 Å². The zero-order valence-electron chi connectivity index (χ0n) is 9.37. The molecule has 15 heavy (non-hydrogen) atoms. The third kappa shape index (κ3) is 0.766. The van der Waals surface area contributed by atoms with Crippen molar-refractivity contribution < 1.29 is 14.3 Å². The van der Waals surface area contributed by atoms with E-state index in [9.17, 15) is 9.59 Å². The molecule has 0 aromatic rings. The van der Waals surface area contributed by atoms with E-state index in [-0.39, 0.29) is 34.6 Å². The molecule has 0 N–H and O–H groups in total. The number of carbonyl (C=O) groups is 2. The van der Waals surface area contributed by atoms with Gasteiger partial charge in [-0.25, -0.2) is 0 Å². The Labute approximate surface area is 89.2 Å². The maximum atomic E-state index is 11.7. The maximum absolute atomic E-state index is 11.7. The van der Waals surface area contributed by atoms with E-state index < -0.39 is 0 Å². The second-order valence-electron chi connectivity index (χ2n) is 6.03. The Kier molecular flexibility index (Phi) is 1.42. The summed E-state index contributed by atoms with van der Waals surface area (Å²) < 4.78 is 4.79. The van der Waals surface area contributed by atoms with E-state index in [1.807, 2.05) is 0 Å². The quantitative estimate of drug-likeness (QED) is 0.450. The summed E-state index contributed by atoms with van der Waals surface area (Å²) in [5, 5.41) is 0. The molecule has 4 atom stereocenters. The van der Waals surface area contributed by atoms with Gasteiger partial charge in [-0.3, -0.25) is 9.59 Å². The molecule has 0 radical (unpaired) electrons. The topological polar surface area (TPSA) is 43.4 Å². The number of cyclic esters (lactones) is 2. The Bertz CT molecular complexity index is 371. The Balaban J connectivity index is 2.16. The number of rotatable bonds is 0. The van der Waals surface area contributed by atoms with E-state index in [2.05, 4.69) is 20.8 Å². The average Bonchev–Trinajstić information content (AvgIpc) is 2.59. The lowest BCUT2D eigenvalue weighted by atomic mass is 9.66. The van der Waals surface area contributed by atoms with Crippen molar-refractivity contribution in [3.63, 3.8) is 0 Å². The first-order valence-corrected chi connectivity index (χ1v) is 5.65. The molecule has 0 aromatic heterocycles. The Morgan fingerprint density at radius 3 is 2.47 bits per heavy atom. The lowest BCUT2D eigenvalue weighted by molar-refractivity contribution is -0.156. The van der Waals surface area contributed by atoms with E-state index in [1.54, 1.807) is 0 Å². The van der Waals surface area contributed by atoms with Gasteiger partial charge < -0.3 is 4.74 Å². The molecule has 82 valence electrons. The van der Waals surface area contributed by atoms with Crippen LogP contribution in [0.1, 0.15) is 33.6 Å². The Hall–Kier alpha value is -0.860. The molecule has 1 aliphatic heterocycles. The minimum Gasteiger partial charge on any atom is -0.393 e. The van der Waals surface area contributed by atoms with Crippen LogP contribution >= 0.6 is 0 Å². The molecule has 2 bridgehead atoms. The fourth-order valence-corrected chi connectivity index (χ4v) is 4.31. The lowest BCUT2D eigenvalue weighted by Crippen LogP contribution is -2.35. The van der Waals surface area contributed by atoms with Crippen LogP contribution in [0.3, 0.4) is 0 Å². The number of carbonyl (C=O) groups excluding carboxylic acids is 2. The molecule has 1 saturated heterocycles. The van der Waals surface area contributed by atoms with Crippen molar-refractivity contribution in [2.75, 3.05) is 0 Å². The van der Waals surface area contributed by atoms with Gasteiger partial charge in [0, 0.05) is 0 Å². The Morgan fingerprint density at radius 1 is 1.20 bits per heavy atom. The smallest absolute Gasteiger partial charge is 0.318 e. The van der Waals surface area contributed by atoms with Crippen LogP contribution in [0.25, 0.3) is 0 Å². The van der Waals surface area contributed by atoms with Gasteiger partial charge in [-0.05, 0) is 29.6 Å². The lowest BCUT2D eigenvalue weighted by Gasteiger charge is -2.37. The van der Waals surface area contributed by atoms with Crippen molar-refractivity contribution in [2.45, 2.75) is 33.6 Å². The molecule has 3 heteroatoms. The van der Waals surface area contributed by atoms with Crippen LogP contribution in [0.15, 0.2) is 0 Å². The van der Waals surface area contributed by atoms with Gasteiger partial charge in [-0.2, -0.15) is 0 Å². The molecule has 3 nitrogen and oxygen atoms in total. The number of fused-ring (bicyclic) bond motifs is 5. The first-order valence-electron chi connectivity index (χ1n) is 5.65. The van der Waals surface area contributed by atoms with Crippen LogP contribution in [-0.2, 0) is 14.3 Å². The summed E-state index contributed by atoms with van der Waals surface area (Å²) in [6.45, 7) is 6.55. The second-order valence-corrected chi connectivity index (χ2v) is 6.03. The van der Waals surface area contributed by atoms with Crippen molar-refractivity contribution in [1.82, 2.24) is 0 Å². The highest BCUT2D eigenvalue weighted by Gasteiger charge is 2.73. The SMILES string of the molecule is CC1(C)C2CCC1(C)C1C(=O)OC(=O)C21. The van der Waals surface area contributed by atoms with Gasteiger partial charge in [-0.15, -0.1) is 0 Å². The van der Waals surface area contributed by atoms with Crippen molar-refractivity contribution in [1.29, 1.82) is 0 Å². The maximum Gasteiger partial charge on any atom is 0.318 e. The second kappa shape index (κ2) is 2.28. The fourth-order valence-electron chi connectivity index (χ4n) is 4.31. The third-order valence-corrected chi connectivity index (χ3v) is 5.58. The number of ether oxygens (including phenoxy) is 1. The zero-order valence-corrected chi connectivity index (χ0v) is 9.37. The van der Waals surface area contributed by atoms with Crippen LogP contribution in [-0.4, -0.2) is 11.9 Å². The summed E-state index contributed by atoms with van der Waals surface area (Å²) in [7, 11) is 0. The summed E-state index contributed by atoms with van der Waals surface area (Å²) in [6, 6.07) is 0. The molecule has 2 aliphatic carbocycles. The number of esters is 2. The average molecular weight is 208 g/mol. The van der Waals surface area contributed by atoms with E-state index in [1.165, 1.54) is 0 Å². The molecular formula is C12H16O3. The predicted molar refractivity (Wildman–Crippen MR) is 52.7 cm³/mol. The summed E-state index contributed by atoms with van der Waals surface area (Å²) in [6.07, 6.45) is 2.11. The number of hydrogen-bond acceptors (Lipinski definition) is 3. The normalized spacial score (nSPS) is 50.7. The highest BCUT2D eigenvalue weighted by atomic mass is 16.6. The molecule has 0 spiro atoms. The molecule has 4 unspecified atom stereocenters. The molecule has 0 amide bonds. The van der Waals surface area contributed by atoms with Gasteiger partial charge in [0.25, 0.3) is 0 Å². The van der Waals surface area contributed by atoms with Crippen molar-refractivity contribution >= 4 is 11.9 Å². The summed E-state index contributed by atoms with van der Waals surface area (Å²) in [5.41, 5.74) is 0.0585. The minimum absolute atomic E-state index is 0.0361. The summed E-state index contributed by atoms with van der Waals surface area (Å²) in [5.74, 6) is -0.522. The first-order chi connectivity index (χ1) is 6.89. The molecule has 1 heterocycles. The number of hydrogen-bond donors (Lipinski definition) is 0. The van der Waals surface area contributed by atoms with E-state index in [0.717, 1.165) is 12.8 Å². The van der Waals surface area contributed by atoms with Gasteiger partial charge >= 0.3 is 11.9 Å². The molecule has 3 aliphatic rings. The first kappa shape index (κ1) is 9.37. The van der Waals surface area contributed by atoms with E-state index in [4.69, 9.17) is 4.74 Å². The fraction of sp³-hybridized carbons (Fsp3) is 0.833. The predicted octanol–water partition coefficient (Wildman–Crippen LogP) is 1.76. The molecule has 3 rings (SSSR count). The standard InChI is InChI=1S/C12H16O3/c1-11(2)6-4-5-12(11,3)8-7(6)9(13)15-10(8)14/h6-8H,4-5H2,1-3H3. The molecule has 3 fully saturated rings. The van der Waals surface area contributed by atoms with E-state index >= 15 is 0 Å². The van der Waals surface area contributed by atoms with Crippen molar-refractivity contribution in [2.24, 2.45) is 28.6 Å². The van der Waals surface area contributed by atoms with Gasteiger partial charge in [0.15, 0.2) is 0 Å². The summed E-state index contributed by atoms with van der Waals surface area (Å²) >= 11 is 0. The molecular weight excluding hydrogens is 192 g/mol. The van der Waals surface area contributed by atoms with Gasteiger partial charge in [-0.1, -0.05) is 20.8 Å². The molecule has 0 aromatic carbocycles. The van der Waals surface area contributed by atoms with E-state index in [0.29, 0.717) is 5.92 Å². The van der Waals surface area contributed by atoms with Crippen LogP contribution in [0.4, 0.5) is 0 Å². The van der Waals surface area contributed by atoms with Crippen molar-refractivity contribution in [3.05, 3.63) is 0 Å².